The summed E-state index contributed by atoms with van der Waals surface area (Å²) in [4.78, 5) is -6.35. The molecule has 0 radical (unpaired) electrons. The van der Waals surface area contributed by atoms with Crippen molar-refractivity contribution in [1.82, 2.24) is 0 Å². The number of hydrogen-bond acceptors (Lipinski definition) is 0. The van der Waals surface area contributed by atoms with E-state index in [1.165, 1.54) is 0 Å². The van der Waals surface area contributed by atoms with Crippen LogP contribution in [0.3, 0.4) is 0 Å². The lowest BCUT2D eigenvalue weighted by Gasteiger charge is -2.52. The van der Waals surface area contributed by atoms with Crippen molar-refractivity contribution < 1.29 is 0 Å². The van der Waals surface area contributed by atoms with E-state index in [0.717, 1.165) is 16.7 Å². The zero-order valence-corrected chi connectivity index (χ0v) is 25.1. The van der Waals surface area contributed by atoms with Gasteiger partial charge in [0.15, 0.2) is 8.67 Å². The number of fused-ring (bicyclic) bond motifs is 14. The number of aryl methyl sites for hydroxylation is 1. The molecule has 33 heavy (non-hydrogen) atoms. The molecule has 0 heterocycles. The molecule has 5 aliphatic carbocycles. The molecule has 1 aromatic rings. The number of hydrogen-bond donors (Lipinski definition) is 0. The first kappa shape index (κ1) is 25.5. The lowest BCUT2D eigenvalue weighted by molar-refractivity contribution is 0.201. The normalized spacial score (nSPS) is 50.1. The molecule has 0 spiro atoms. The van der Waals surface area contributed by atoms with E-state index in [4.69, 9.17) is 139 Å². The van der Waals surface area contributed by atoms with E-state index in [2.05, 4.69) is 0 Å². The highest BCUT2D eigenvalue weighted by atomic mass is 35.5. The maximum atomic E-state index is 7.29. The summed E-state index contributed by atoms with van der Waals surface area (Å²) in [5.74, 6) is -2.56. The van der Waals surface area contributed by atoms with E-state index in [1.807, 2.05) is 25.1 Å². The van der Waals surface area contributed by atoms with Crippen LogP contribution in [0.15, 0.2) is 38.3 Å². The molecule has 178 valence electrons. The van der Waals surface area contributed by atoms with Crippen molar-refractivity contribution in [3.8, 4) is 0 Å². The fourth-order valence-corrected chi connectivity index (χ4v) is 13.1. The topological polar surface area (TPSA) is 0 Å². The van der Waals surface area contributed by atoms with Gasteiger partial charge in [0.2, 0.25) is 0 Å². The zero-order valence-electron chi connectivity index (χ0n) is 16.1. The molecular weight excluding hydrogens is 678 g/mol. The molecule has 5 aliphatic rings. The maximum Gasteiger partial charge on any atom is 0.167 e. The van der Waals surface area contributed by atoms with Gasteiger partial charge in [0.05, 0.1) is 20.1 Å². The van der Waals surface area contributed by atoms with Gasteiger partial charge in [-0.3, -0.25) is 0 Å². The van der Waals surface area contributed by atoms with Gasteiger partial charge in [0, 0.05) is 23.7 Å². The smallest absolute Gasteiger partial charge is 0.109 e. The summed E-state index contributed by atoms with van der Waals surface area (Å²) in [6, 6.07) is 5.85. The second-order valence-corrected chi connectivity index (χ2v) is 15.9. The highest BCUT2D eigenvalue weighted by Gasteiger charge is 2.91. The number of rotatable bonds is 0. The molecule has 1 aromatic carbocycles. The number of benzene rings is 1. The average Bonchev–Trinajstić information content (AvgIpc) is 3.08. The first-order valence-corrected chi connectivity index (χ1v) is 14.3. The SMILES string of the molecule is Cc1ccc2c(c1)[C@H]1[C@@H]([C@@H]3[C@@H]2[C@@]2(Cl)C(Cl)=C(Cl)[C@@]3(Cl)C2(Cl)Cl)[C@@]2(Cl)C(Cl)=C(Cl)[C@@]1(Cl)C2(Cl)Cl. The zero-order chi connectivity index (χ0) is 24.5. The van der Waals surface area contributed by atoms with Crippen LogP contribution in [0.25, 0.3) is 0 Å². The van der Waals surface area contributed by atoms with Crippen LogP contribution in [0.2, 0.25) is 0 Å². The third-order valence-electron chi connectivity index (χ3n) is 8.28. The van der Waals surface area contributed by atoms with Gasteiger partial charge in [0.25, 0.3) is 0 Å². The summed E-state index contributed by atoms with van der Waals surface area (Å²) in [7, 11) is 0. The molecule has 0 aliphatic heterocycles. The Kier molecular flexibility index (Phi) is 5.28. The van der Waals surface area contributed by atoms with Gasteiger partial charge >= 0.3 is 0 Å². The molecular formula is C21H10Cl12. The molecule has 0 aromatic heterocycles. The Balaban J connectivity index is 1.79. The molecule has 4 bridgehead atoms. The van der Waals surface area contributed by atoms with Crippen LogP contribution < -0.4 is 0 Å². The van der Waals surface area contributed by atoms with E-state index in [9.17, 15) is 0 Å². The van der Waals surface area contributed by atoms with Crippen LogP contribution >= 0.6 is 139 Å². The molecule has 12 heteroatoms. The van der Waals surface area contributed by atoms with Gasteiger partial charge in [-0.1, -0.05) is 117 Å². The highest BCUT2D eigenvalue weighted by Crippen LogP contribution is 2.88. The minimum absolute atomic E-state index is 0.0500. The predicted octanol–water partition coefficient (Wildman–Crippen LogP) is 10.1. The van der Waals surface area contributed by atoms with E-state index in [1.54, 1.807) is 0 Å². The lowest BCUT2D eigenvalue weighted by Crippen LogP contribution is -2.53. The third kappa shape index (κ3) is 2.19. The average molecular weight is 688 g/mol. The lowest BCUT2D eigenvalue weighted by atomic mass is 9.57. The number of halogens is 12. The molecule has 2 saturated carbocycles. The molecule has 2 fully saturated rings. The maximum absolute atomic E-state index is 7.29. The van der Waals surface area contributed by atoms with E-state index in [0.29, 0.717) is 0 Å². The van der Waals surface area contributed by atoms with Crippen LogP contribution in [0, 0.1) is 18.8 Å². The van der Waals surface area contributed by atoms with Crippen molar-refractivity contribution in [3.63, 3.8) is 0 Å². The standard InChI is InChI=1S/C21H10Cl12/c1-5-2-3-6-7(4-5)9-11(19(29)15(25)13(23)17(9,27)21(19,32)33)10-8(6)16(26)12(22)14(24)18(10,28)20(16,30)31/h2-4,8-11H,1H3/t8-,9+,10+,11+,16-,17-,18-,19-/m1/s1. The predicted molar refractivity (Wildman–Crippen MR) is 144 cm³/mol. The Morgan fingerprint density at radius 2 is 0.909 bits per heavy atom. The van der Waals surface area contributed by atoms with Gasteiger partial charge in [-0.15, -0.1) is 46.4 Å². The molecule has 6 rings (SSSR count). The van der Waals surface area contributed by atoms with E-state index >= 15 is 0 Å². The van der Waals surface area contributed by atoms with Gasteiger partial charge in [-0.25, -0.2) is 0 Å². The van der Waals surface area contributed by atoms with Crippen molar-refractivity contribution in [1.29, 1.82) is 0 Å². The Labute approximate surface area is 250 Å². The summed E-state index contributed by atoms with van der Waals surface area (Å²) in [5, 5.41) is 0.281. The molecule has 8 atom stereocenters. The monoisotopic (exact) mass is 682 g/mol. The summed E-state index contributed by atoms with van der Waals surface area (Å²) in [5.41, 5.74) is 2.58. The molecule has 0 unspecified atom stereocenters. The Morgan fingerprint density at radius 1 is 0.545 bits per heavy atom. The quantitative estimate of drug-likeness (QED) is 0.238. The minimum atomic E-state index is -1.81. The van der Waals surface area contributed by atoms with Crippen LogP contribution in [0.1, 0.15) is 28.5 Å². The van der Waals surface area contributed by atoms with Crippen molar-refractivity contribution >= 4 is 139 Å². The van der Waals surface area contributed by atoms with Crippen molar-refractivity contribution in [2.75, 3.05) is 0 Å². The second kappa shape index (κ2) is 6.84. The van der Waals surface area contributed by atoms with Crippen LogP contribution in [0.4, 0.5) is 0 Å². The fourth-order valence-electron chi connectivity index (χ4n) is 7.02. The van der Waals surface area contributed by atoms with Gasteiger partial charge in [0.1, 0.15) is 19.5 Å². The molecule has 0 N–H and O–H groups in total. The van der Waals surface area contributed by atoms with Crippen LogP contribution in [0.5, 0.6) is 0 Å². The van der Waals surface area contributed by atoms with Crippen LogP contribution in [-0.4, -0.2) is 28.2 Å². The van der Waals surface area contributed by atoms with Crippen molar-refractivity contribution in [2.24, 2.45) is 11.8 Å². The fraction of sp³-hybridized carbons (Fsp3) is 0.524. The summed E-state index contributed by atoms with van der Waals surface area (Å²) in [6.45, 7) is 1.95. The van der Waals surface area contributed by atoms with E-state index < -0.39 is 51.8 Å². The summed E-state index contributed by atoms with van der Waals surface area (Å²) in [6.07, 6.45) is 0. The van der Waals surface area contributed by atoms with E-state index in [-0.39, 0.29) is 20.1 Å². The number of allylic oxidation sites excluding steroid dienone is 4. The van der Waals surface area contributed by atoms with Gasteiger partial charge in [-0.05, 0) is 18.1 Å². The molecule has 0 amide bonds. The number of alkyl halides is 8. The molecule has 0 saturated heterocycles. The Bertz CT molecular complexity index is 1230. The van der Waals surface area contributed by atoms with Crippen LogP contribution in [-0.2, 0) is 0 Å². The third-order valence-corrected chi connectivity index (χ3v) is 16.8. The highest BCUT2D eigenvalue weighted by molar-refractivity contribution is 6.67. The largest absolute Gasteiger partial charge is 0.167 e. The summed E-state index contributed by atoms with van der Waals surface area (Å²) >= 11 is 83.7. The Hall–Kier alpha value is 2.18. The van der Waals surface area contributed by atoms with Gasteiger partial charge in [-0.2, -0.15) is 0 Å². The van der Waals surface area contributed by atoms with Gasteiger partial charge < -0.3 is 0 Å². The second-order valence-electron chi connectivity index (χ2n) is 9.39. The van der Waals surface area contributed by atoms with Crippen molar-refractivity contribution in [3.05, 3.63) is 55.0 Å². The summed E-state index contributed by atoms with van der Waals surface area (Å²) < 4.78 is -3.61. The first-order valence-electron chi connectivity index (χ1n) is 9.74. The molecule has 0 nitrogen and oxygen atoms in total. The first-order chi connectivity index (χ1) is 15.0. The minimum Gasteiger partial charge on any atom is -0.109 e. The Morgan fingerprint density at radius 3 is 1.33 bits per heavy atom. The van der Waals surface area contributed by atoms with Crippen molar-refractivity contribution in [2.45, 2.75) is 46.9 Å².